The maximum absolute atomic E-state index is 13.1. The van der Waals surface area contributed by atoms with Crippen LogP contribution in [0.3, 0.4) is 0 Å². The molecule has 0 bridgehead atoms. The predicted octanol–water partition coefficient (Wildman–Crippen LogP) is 0.571. The standard InChI is InChI=1S/C12H21F2N3O/c13-12(14)3-1-9(2-4-12)11(18)17-6-5-16-8-10(17)7-15/h9-10,16H,1-8,15H2. The minimum Gasteiger partial charge on any atom is -0.336 e. The minimum atomic E-state index is -2.58. The van der Waals surface area contributed by atoms with Gasteiger partial charge in [-0.3, -0.25) is 4.79 Å². The molecule has 2 fully saturated rings. The molecule has 2 rings (SSSR count). The van der Waals surface area contributed by atoms with E-state index in [1.807, 2.05) is 0 Å². The molecule has 0 radical (unpaired) electrons. The van der Waals surface area contributed by atoms with Crippen LogP contribution in [0, 0.1) is 5.92 Å². The van der Waals surface area contributed by atoms with Gasteiger partial charge in [0.2, 0.25) is 11.8 Å². The second-order valence-corrected chi connectivity index (χ2v) is 5.26. The van der Waals surface area contributed by atoms with Crippen molar-refractivity contribution in [3.8, 4) is 0 Å². The van der Waals surface area contributed by atoms with E-state index in [-0.39, 0.29) is 30.7 Å². The van der Waals surface area contributed by atoms with Crippen molar-refractivity contribution in [2.75, 3.05) is 26.2 Å². The highest BCUT2D eigenvalue weighted by atomic mass is 19.3. The fourth-order valence-electron chi connectivity index (χ4n) is 2.78. The number of nitrogens with two attached hydrogens (primary N) is 1. The first-order valence-corrected chi connectivity index (χ1v) is 6.62. The Morgan fingerprint density at radius 3 is 2.67 bits per heavy atom. The maximum atomic E-state index is 13.1. The molecule has 0 aromatic rings. The number of halogens is 2. The summed E-state index contributed by atoms with van der Waals surface area (Å²) in [5.74, 6) is -2.80. The minimum absolute atomic E-state index is 0.00804. The average Bonchev–Trinajstić information content (AvgIpc) is 2.38. The molecule has 6 heteroatoms. The van der Waals surface area contributed by atoms with E-state index in [1.165, 1.54) is 0 Å². The number of rotatable bonds is 2. The van der Waals surface area contributed by atoms with Gasteiger partial charge in [-0.2, -0.15) is 0 Å². The number of carbonyl (C=O) groups is 1. The molecule has 0 aromatic carbocycles. The quantitative estimate of drug-likeness (QED) is 0.764. The number of carbonyl (C=O) groups excluding carboxylic acids is 1. The SMILES string of the molecule is NCC1CNCCN1C(=O)C1CCC(F)(F)CC1. The molecule has 1 amide bonds. The summed E-state index contributed by atoms with van der Waals surface area (Å²) in [7, 11) is 0. The Hall–Kier alpha value is -0.750. The van der Waals surface area contributed by atoms with Crippen LogP contribution in [0.25, 0.3) is 0 Å². The Kier molecular flexibility index (Phi) is 4.17. The highest BCUT2D eigenvalue weighted by molar-refractivity contribution is 5.79. The van der Waals surface area contributed by atoms with E-state index in [0.717, 1.165) is 6.54 Å². The molecule has 104 valence electrons. The zero-order valence-electron chi connectivity index (χ0n) is 10.5. The number of amides is 1. The lowest BCUT2D eigenvalue weighted by Crippen LogP contribution is -2.58. The van der Waals surface area contributed by atoms with Crippen LogP contribution in [0.15, 0.2) is 0 Å². The van der Waals surface area contributed by atoms with Gasteiger partial charge in [0, 0.05) is 44.9 Å². The Balaban J connectivity index is 1.94. The van der Waals surface area contributed by atoms with E-state index in [2.05, 4.69) is 5.32 Å². The molecule has 3 N–H and O–H groups in total. The number of piperazine rings is 1. The van der Waals surface area contributed by atoms with Gasteiger partial charge in [0.25, 0.3) is 0 Å². The summed E-state index contributed by atoms with van der Waals surface area (Å²) in [5, 5.41) is 3.19. The third kappa shape index (κ3) is 2.98. The molecule has 1 unspecified atom stereocenters. The molecule has 1 saturated carbocycles. The zero-order valence-corrected chi connectivity index (χ0v) is 10.5. The van der Waals surface area contributed by atoms with E-state index >= 15 is 0 Å². The molecule has 1 heterocycles. The van der Waals surface area contributed by atoms with Gasteiger partial charge in [-0.1, -0.05) is 0 Å². The molecule has 0 spiro atoms. The Morgan fingerprint density at radius 2 is 2.06 bits per heavy atom. The Labute approximate surface area is 106 Å². The van der Waals surface area contributed by atoms with Crippen molar-refractivity contribution in [3.05, 3.63) is 0 Å². The Morgan fingerprint density at radius 1 is 1.39 bits per heavy atom. The second-order valence-electron chi connectivity index (χ2n) is 5.26. The average molecular weight is 261 g/mol. The van der Waals surface area contributed by atoms with Gasteiger partial charge < -0.3 is 16.0 Å². The molecule has 1 atom stereocenters. The monoisotopic (exact) mass is 261 g/mol. The van der Waals surface area contributed by atoms with Crippen LogP contribution in [0.4, 0.5) is 8.78 Å². The van der Waals surface area contributed by atoms with Gasteiger partial charge in [0.1, 0.15) is 0 Å². The highest BCUT2D eigenvalue weighted by Gasteiger charge is 2.39. The summed E-state index contributed by atoms with van der Waals surface area (Å²) in [5.41, 5.74) is 5.65. The predicted molar refractivity (Wildman–Crippen MR) is 64.3 cm³/mol. The van der Waals surface area contributed by atoms with Crippen LogP contribution >= 0.6 is 0 Å². The van der Waals surface area contributed by atoms with Gasteiger partial charge in [-0.15, -0.1) is 0 Å². The van der Waals surface area contributed by atoms with Gasteiger partial charge in [-0.25, -0.2) is 8.78 Å². The lowest BCUT2D eigenvalue weighted by molar-refractivity contribution is -0.142. The fourth-order valence-corrected chi connectivity index (χ4v) is 2.78. The molecule has 1 aliphatic heterocycles. The van der Waals surface area contributed by atoms with Crippen LogP contribution in [-0.4, -0.2) is 49.0 Å². The van der Waals surface area contributed by atoms with Crippen LogP contribution in [0.1, 0.15) is 25.7 Å². The van der Waals surface area contributed by atoms with Gasteiger partial charge in [0.05, 0.1) is 6.04 Å². The van der Waals surface area contributed by atoms with E-state index in [1.54, 1.807) is 4.90 Å². The smallest absolute Gasteiger partial charge is 0.248 e. The highest BCUT2D eigenvalue weighted by Crippen LogP contribution is 2.37. The Bertz CT molecular complexity index is 302. The summed E-state index contributed by atoms with van der Waals surface area (Å²) >= 11 is 0. The lowest BCUT2D eigenvalue weighted by Gasteiger charge is -2.39. The summed E-state index contributed by atoms with van der Waals surface area (Å²) < 4.78 is 26.1. The van der Waals surface area contributed by atoms with Crippen LogP contribution in [-0.2, 0) is 4.79 Å². The van der Waals surface area contributed by atoms with Crippen molar-refractivity contribution < 1.29 is 13.6 Å². The van der Waals surface area contributed by atoms with E-state index in [0.29, 0.717) is 32.5 Å². The van der Waals surface area contributed by atoms with Crippen molar-refractivity contribution in [2.45, 2.75) is 37.6 Å². The summed E-state index contributed by atoms with van der Waals surface area (Å²) in [6.07, 6.45) is 0.270. The lowest BCUT2D eigenvalue weighted by atomic mass is 9.85. The van der Waals surface area contributed by atoms with Gasteiger partial charge >= 0.3 is 0 Å². The summed E-state index contributed by atoms with van der Waals surface area (Å²) in [4.78, 5) is 14.1. The normalized spacial score (nSPS) is 29.3. The maximum Gasteiger partial charge on any atom is 0.248 e. The van der Waals surface area contributed by atoms with Crippen LogP contribution in [0.5, 0.6) is 0 Å². The van der Waals surface area contributed by atoms with E-state index in [4.69, 9.17) is 5.73 Å². The van der Waals surface area contributed by atoms with Crippen LogP contribution in [0.2, 0.25) is 0 Å². The third-order valence-corrected chi connectivity index (χ3v) is 3.97. The first kappa shape index (κ1) is 13.7. The summed E-state index contributed by atoms with van der Waals surface area (Å²) in [6.45, 7) is 2.51. The topological polar surface area (TPSA) is 58.4 Å². The van der Waals surface area contributed by atoms with Crippen molar-refractivity contribution >= 4 is 5.91 Å². The van der Waals surface area contributed by atoms with E-state index in [9.17, 15) is 13.6 Å². The van der Waals surface area contributed by atoms with E-state index < -0.39 is 5.92 Å². The van der Waals surface area contributed by atoms with Crippen molar-refractivity contribution in [2.24, 2.45) is 11.7 Å². The van der Waals surface area contributed by atoms with Gasteiger partial charge in [-0.05, 0) is 12.8 Å². The molecule has 4 nitrogen and oxygen atoms in total. The fraction of sp³-hybridized carbons (Fsp3) is 0.917. The number of nitrogens with one attached hydrogen (secondary N) is 1. The van der Waals surface area contributed by atoms with Crippen molar-refractivity contribution in [3.63, 3.8) is 0 Å². The van der Waals surface area contributed by atoms with Crippen LogP contribution < -0.4 is 11.1 Å². The number of hydrogen-bond acceptors (Lipinski definition) is 3. The van der Waals surface area contributed by atoms with Crippen molar-refractivity contribution in [1.29, 1.82) is 0 Å². The molecule has 1 aliphatic carbocycles. The number of hydrogen-bond donors (Lipinski definition) is 2. The van der Waals surface area contributed by atoms with Gasteiger partial charge in [0.15, 0.2) is 0 Å². The molecule has 18 heavy (non-hydrogen) atoms. The molecule has 2 aliphatic rings. The number of nitrogens with zero attached hydrogens (tertiary/aromatic N) is 1. The molecule has 1 saturated heterocycles. The molecular formula is C12H21F2N3O. The first-order chi connectivity index (χ1) is 8.53. The zero-order chi connectivity index (χ0) is 13.2. The third-order valence-electron chi connectivity index (χ3n) is 3.97. The van der Waals surface area contributed by atoms with Crippen molar-refractivity contribution in [1.82, 2.24) is 10.2 Å². The first-order valence-electron chi connectivity index (χ1n) is 6.62. The second kappa shape index (κ2) is 5.48. The summed E-state index contributed by atoms with van der Waals surface area (Å²) in [6, 6.07) is 0.00804. The number of alkyl halides is 2. The molecule has 0 aromatic heterocycles. The largest absolute Gasteiger partial charge is 0.336 e. The molecular weight excluding hydrogens is 240 g/mol.